The van der Waals surface area contributed by atoms with Gasteiger partial charge in [-0.2, -0.15) is 4.31 Å². The van der Waals surface area contributed by atoms with Gasteiger partial charge in [0.25, 0.3) is 5.69 Å². The second-order valence-corrected chi connectivity index (χ2v) is 9.17. The highest BCUT2D eigenvalue weighted by Crippen LogP contribution is 2.30. The molecular weight excluding hydrogens is 408 g/mol. The summed E-state index contributed by atoms with van der Waals surface area (Å²) in [5.74, 6) is -0.108. The highest BCUT2D eigenvalue weighted by molar-refractivity contribution is 7.89. The summed E-state index contributed by atoms with van der Waals surface area (Å²) in [6.07, 6.45) is 3.19. The van der Waals surface area contributed by atoms with Gasteiger partial charge in [-0.25, -0.2) is 8.42 Å². The molecular formula is C17H25ClN4O5S. The fourth-order valence-corrected chi connectivity index (χ4v) is 5.45. The fraction of sp³-hybridized carbons (Fsp3) is 0.588. The summed E-state index contributed by atoms with van der Waals surface area (Å²) in [5, 5.41) is 11.0. The maximum absolute atomic E-state index is 13.0. The summed E-state index contributed by atoms with van der Waals surface area (Å²) < 4.78 is 27.2. The molecule has 0 atom stereocenters. The molecule has 0 bridgehead atoms. The van der Waals surface area contributed by atoms with Gasteiger partial charge in [-0.1, -0.05) is 18.9 Å². The number of non-ortho nitro benzene ring substituents is 1. The van der Waals surface area contributed by atoms with E-state index in [1.165, 1.54) is 16.4 Å². The first-order valence-corrected chi connectivity index (χ1v) is 10.4. The first-order valence-electron chi connectivity index (χ1n) is 8.99. The van der Waals surface area contributed by atoms with Crippen molar-refractivity contribution in [1.29, 1.82) is 0 Å². The molecule has 9 nitrogen and oxygen atoms in total. The molecule has 2 fully saturated rings. The molecule has 0 spiro atoms. The lowest BCUT2D eigenvalue weighted by molar-refractivity contribution is -0.385. The fourth-order valence-electron chi connectivity index (χ4n) is 3.79. The van der Waals surface area contributed by atoms with Crippen molar-refractivity contribution in [3.63, 3.8) is 0 Å². The predicted molar refractivity (Wildman–Crippen MR) is 106 cm³/mol. The van der Waals surface area contributed by atoms with Crippen LogP contribution in [0, 0.1) is 17.0 Å². The number of aryl methyl sites for hydroxylation is 1. The van der Waals surface area contributed by atoms with Gasteiger partial charge in [-0.15, -0.1) is 12.4 Å². The van der Waals surface area contributed by atoms with Crippen molar-refractivity contribution < 1.29 is 18.1 Å². The van der Waals surface area contributed by atoms with Gasteiger partial charge in [0.15, 0.2) is 0 Å². The van der Waals surface area contributed by atoms with Crippen LogP contribution in [0.2, 0.25) is 0 Å². The molecule has 1 aromatic rings. The lowest BCUT2D eigenvalue weighted by atomic mass is 9.97. The third-order valence-electron chi connectivity index (χ3n) is 5.45. The number of hydrogen-bond acceptors (Lipinski definition) is 6. The molecule has 3 rings (SSSR count). The topological polar surface area (TPSA) is 127 Å². The van der Waals surface area contributed by atoms with Crippen LogP contribution in [0.15, 0.2) is 23.1 Å². The summed E-state index contributed by atoms with van der Waals surface area (Å²) in [6.45, 7) is 2.43. The number of nitro benzene ring substituents is 1. The molecule has 11 heteroatoms. The van der Waals surface area contributed by atoms with Gasteiger partial charge in [0.2, 0.25) is 15.9 Å². The minimum atomic E-state index is -3.87. The zero-order valence-corrected chi connectivity index (χ0v) is 17.3. The number of halogens is 1. The predicted octanol–water partition coefficient (Wildman–Crippen LogP) is 1.43. The molecule has 0 aromatic heterocycles. The number of carbonyl (C=O) groups excluding carboxylic acids is 1. The smallest absolute Gasteiger partial charge is 0.270 e. The first-order chi connectivity index (χ1) is 12.6. The highest BCUT2D eigenvalue weighted by atomic mass is 35.5. The van der Waals surface area contributed by atoms with E-state index in [0.717, 1.165) is 18.9 Å². The molecule has 0 unspecified atom stereocenters. The molecule has 1 aromatic carbocycles. The van der Waals surface area contributed by atoms with Crippen molar-refractivity contribution in [2.45, 2.75) is 43.0 Å². The third kappa shape index (κ3) is 4.14. The summed E-state index contributed by atoms with van der Waals surface area (Å²) in [5.41, 5.74) is 5.59. The van der Waals surface area contributed by atoms with Crippen molar-refractivity contribution in [3.8, 4) is 0 Å². The van der Waals surface area contributed by atoms with E-state index < -0.39 is 20.5 Å². The van der Waals surface area contributed by atoms with Gasteiger partial charge in [0.1, 0.15) is 0 Å². The van der Waals surface area contributed by atoms with E-state index >= 15 is 0 Å². The van der Waals surface area contributed by atoms with E-state index in [1.54, 1.807) is 11.8 Å². The number of hydrogen-bond donors (Lipinski definition) is 1. The van der Waals surface area contributed by atoms with Gasteiger partial charge >= 0.3 is 0 Å². The van der Waals surface area contributed by atoms with Crippen LogP contribution in [0.1, 0.15) is 31.2 Å². The Morgan fingerprint density at radius 1 is 1.18 bits per heavy atom. The molecule has 1 aliphatic carbocycles. The molecule has 1 aliphatic heterocycles. The summed E-state index contributed by atoms with van der Waals surface area (Å²) in [6, 6.07) is 3.81. The summed E-state index contributed by atoms with van der Waals surface area (Å²) in [4.78, 5) is 24.6. The monoisotopic (exact) mass is 432 g/mol. The number of carbonyl (C=O) groups is 1. The number of amides is 1. The Morgan fingerprint density at radius 2 is 1.75 bits per heavy atom. The van der Waals surface area contributed by atoms with E-state index in [4.69, 9.17) is 5.73 Å². The van der Waals surface area contributed by atoms with Gasteiger partial charge in [-0.3, -0.25) is 14.9 Å². The van der Waals surface area contributed by atoms with Gasteiger partial charge in [-0.05, 0) is 25.3 Å². The summed E-state index contributed by atoms with van der Waals surface area (Å²) in [7, 11) is -3.87. The minimum Gasteiger partial charge on any atom is -0.338 e. The van der Waals surface area contributed by atoms with E-state index in [9.17, 15) is 23.3 Å². The Bertz CT molecular complexity index is 862. The largest absolute Gasteiger partial charge is 0.338 e. The quantitative estimate of drug-likeness (QED) is 0.566. The zero-order chi connectivity index (χ0) is 19.8. The Balaban J connectivity index is 0.00000280. The van der Waals surface area contributed by atoms with Crippen LogP contribution in [0.3, 0.4) is 0 Å². The molecule has 1 heterocycles. The number of nitrogens with two attached hydrogens (primary N) is 1. The molecule has 1 amide bonds. The number of piperazine rings is 1. The Morgan fingerprint density at radius 3 is 2.29 bits per heavy atom. The third-order valence-corrected chi connectivity index (χ3v) is 7.49. The van der Waals surface area contributed by atoms with Gasteiger partial charge in [0.05, 0.1) is 15.4 Å². The zero-order valence-electron chi connectivity index (χ0n) is 15.7. The Labute approximate surface area is 170 Å². The van der Waals surface area contributed by atoms with Crippen LogP contribution >= 0.6 is 12.4 Å². The second kappa shape index (κ2) is 8.32. The van der Waals surface area contributed by atoms with Crippen LogP contribution in [-0.2, 0) is 14.8 Å². The van der Waals surface area contributed by atoms with Gasteiger partial charge in [0, 0.05) is 38.3 Å². The first kappa shape index (κ1) is 22.5. The molecule has 1 saturated heterocycles. The maximum Gasteiger partial charge on any atom is 0.270 e. The molecule has 2 aliphatic rings. The molecule has 2 N–H and O–H groups in total. The minimum absolute atomic E-state index is 0. The number of nitro groups is 1. The van der Waals surface area contributed by atoms with Crippen molar-refractivity contribution in [2.24, 2.45) is 5.73 Å². The number of sulfonamides is 1. The second-order valence-electron chi connectivity index (χ2n) is 7.27. The van der Waals surface area contributed by atoms with Crippen LogP contribution in [-0.4, -0.2) is 60.2 Å². The van der Waals surface area contributed by atoms with E-state index in [2.05, 4.69) is 0 Å². The van der Waals surface area contributed by atoms with Crippen molar-refractivity contribution >= 4 is 34.0 Å². The molecule has 0 radical (unpaired) electrons. The average molecular weight is 433 g/mol. The lowest BCUT2D eigenvalue weighted by Gasteiger charge is -2.38. The molecule has 1 saturated carbocycles. The standard InChI is InChI=1S/C17H24N4O5S.ClH/c1-13-4-5-14(21(23)24)12-15(13)27(25,26)20-10-8-19(9-11-20)16(22)17(18)6-2-3-7-17;/h4-5,12H,2-3,6-11,18H2,1H3;1H. The highest BCUT2D eigenvalue weighted by Gasteiger charge is 2.41. The Hall–Kier alpha value is -1.75. The molecule has 28 heavy (non-hydrogen) atoms. The molecule has 156 valence electrons. The van der Waals surface area contributed by atoms with Crippen molar-refractivity contribution in [1.82, 2.24) is 9.21 Å². The lowest BCUT2D eigenvalue weighted by Crippen LogP contribution is -2.59. The van der Waals surface area contributed by atoms with E-state index in [0.29, 0.717) is 18.4 Å². The van der Waals surface area contributed by atoms with Crippen LogP contribution < -0.4 is 5.73 Å². The van der Waals surface area contributed by atoms with Crippen molar-refractivity contribution in [2.75, 3.05) is 26.2 Å². The van der Waals surface area contributed by atoms with Crippen LogP contribution in [0.5, 0.6) is 0 Å². The summed E-state index contributed by atoms with van der Waals surface area (Å²) >= 11 is 0. The number of nitrogens with zero attached hydrogens (tertiary/aromatic N) is 3. The SMILES string of the molecule is Cc1ccc([N+](=O)[O-])cc1S(=O)(=O)N1CCN(C(=O)C2(N)CCCC2)CC1.Cl. The maximum atomic E-state index is 13.0. The Kier molecular flexibility index (Phi) is 6.70. The van der Waals surface area contributed by atoms with Crippen LogP contribution in [0.25, 0.3) is 0 Å². The average Bonchev–Trinajstić information content (AvgIpc) is 3.09. The van der Waals surface area contributed by atoms with E-state index in [-0.39, 0.29) is 55.1 Å². The van der Waals surface area contributed by atoms with E-state index in [1.807, 2.05) is 0 Å². The normalized spacial score (nSPS) is 19.9. The number of benzene rings is 1. The number of rotatable bonds is 4. The van der Waals surface area contributed by atoms with Gasteiger partial charge < -0.3 is 10.6 Å². The van der Waals surface area contributed by atoms with Crippen LogP contribution in [0.4, 0.5) is 5.69 Å². The van der Waals surface area contributed by atoms with Crippen molar-refractivity contribution in [3.05, 3.63) is 33.9 Å².